The van der Waals surface area contributed by atoms with Crippen LogP contribution in [0.15, 0.2) is 65.8 Å². The molecule has 6 nitrogen and oxygen atoms in total. The third-order valence-electron chi connectivity index (χ3n) is 5.20. The SMILES string of the molecule is COc1cccc(CSc2nnc(CNC(=O)c3ccc(Cl)c(Cl)c3)n2-c2cc(Cl)ccc2C)c1. The summed E-state index contributed by atoms with van der Waals surface area (Å²) in [5, 5.41) is 13.6. The summed E-state index contributed by atoms with van der Waals surface area (Å²) in [4.78, 5) is 12.7. The lowest BCUT2D eigenvalue weighted by molar-refractivity contribution is 0.0949. The molecule has 0 fully saturated rings. The van der Waals surface area contributed by atoms with Crippen molar-refractivity contribution in [2.45, 2.75) is 24.4 Å². The second-order valence-corrected chi connectivity index (χ2v) is 9.81. The molecular weight excluding hydrogens is 527 g/mol. The molecule has 0 saturated carbocycles. The highest BCUT2D eigenvalue weighted by Gasteiger charge is 2.18. The third kappa shape index (κ3) is 6.11. The second-order valence-electron chi connectivity index (χ2n) is 7.62. The van der Waals surface area contributed by atoms with Crippen LogP contribution in [0.4, 0.5) is 0 Å². The number of aryl methyl sites for hydroxylation is 1. The van der Waals surface area contributed by atoms with Crippen molar-refractivity contribution in [3.05, 3.63) is 98.2 Å². The molecule has 0 aliphatic carbocycles. The Hall–Kier alpha value is -2.71. The lowest BCUT2D eigenvalue weighted by Gasteiger charge is -2.14. The van der Waals surface area contributed by atoms with Crippen molar-refractivity contribution in [3.8, 4) is 11.4 Å². The Kier molecular flexibility index (Phi) is 8.23. The highest BCUT2D eigenvalue weighted by molar-refractivity contribution is 7.98. The molecule has 0 bridgehead atoms. The number of nitrogens with zero attached hydrogens (tertiary/aromatic N) is 3. The largest absolute Gasteiger partial charge is 0.497 e. The number of rotatable bonds is 8. The number of aromatic nitrogens is 3. The van der Waals surface area contributed by atoms with Gasteiger partial charge in [-0.25, -0.2) is 0 Å². The van der Waals surface area contributed by atoms with Crippen molar-refractivity contribution in [1.29, 1.82) is 0 Å². The summed E-state index contributed by atoms with van der Waals surface area (Å²) >= 11 is 19.9. The van der Waals surface area contributed by atoms with Crippen LogP contribution in [0.1, 0.15) is 27.3 Å². The van der Waals surface area contributed by atoms with Crippen LogP contribution in [-0.4, -0.2) is 27.8 Å². The van der Waals surface area contributed by atoms with E-state index in [0.717, 1.165) is 22.6 Å². The maximum atomic E-state index is 12.7. The van der Waals surface area contributed by atoms with E-state index in [0.29, 0.717) is 37.4 Å². The molecule has 180 valence electrons. The Morgan fingerprint density at radius 1 is 1.03 bits per heavy atom. The minimum absolute atomic E-state index is 0.151. The predicted molar refractivity (Wildman–Crippen MR) is 141 cm³/mol. The van der Waals surface area contributed by atoms with E-state index in [9.17, 15) is 4.79 Å². The topological polar surface area (TPSA) is 69.0 Å². The fraction of sp³-hybridized carbons (Fsp3) is 0.160. The number of benzene rings is 3. The highest BCUT2D eigenvalue weighted by atomic mass is 35.5. The number of methoxy groups -OCH3 is 1. The van der Waals surface area contributed by atoms with Gasteiger partial charge in [-0.05, 0) is 60.5 Å². The molecule has 0 atom stereocenters. The molecule has 1 heterocycles. The molecule has 0 unspecified atom stereocenters. The quantitative estimate of drug-likeness (QED) is 0.247. The summed E-state index contributed by atoms with van der Waals surface area (Å²) < 4.78 is 7.24. The first-order valence-corrected chi connectivity index (χ1v) is 12.7. The Balaban J connectivity index is 1.61. The van der Waals surface area contributed by atoms with Crippen molar-refractivity contribution in [3.63, 3.8) is 0 Å². The van der Waals surface area contributed by atoms with Gasteiger partial charge in [0.05, 0.1) is 29.4 Å². The Labute approximate surface area is 222 Å². The first-order valence-electron chi connectivity index (χ1n) is 10.6. The maximum absolute atomic E-state index is 12.7. The standard InChI is InChI=1S/C25H21Cl3N4O2S/c1-15-6-8-18(26)12-22(15)32-23(13-29-24(33)17-7-9-20(27)21(28)11-17)30-31-25(32)35-14-16-4-3-5-19(10-16)34-2/h3-12H,13-14H2,1-2H3,(H,29,33). The Morgan fingerprint density at radius 3 is 2.63 bits per heavy atom. The minimum atomic E-state index is -0.300. The number of thioether (sulfide) groups is 1. The van der Waals surface area contributed by atoms with Gasteiger partial charge in [-0.15, -0.1) is 10.2 Å². The van der Waals surface area contributed by atoms with E-state index in [1.807, 2.05) is 54.0 Å². The number of nitrogens with one attached hydrogen (secondary N) is 1. The van der Waals surface area contributed by atoms with Crippen LogP contribution in [0.3, 0.4) is 0 Å². The van der Waals surface area contributed by atoms with Gasteiger partial charge in [-0.1, -0.05) is 64.8 Å². The number of ether oxygens (including phenoxy) is 1. The van der Waals surface area contributed by atoms with E-state index >= 15 is 0 Å². The summed E-state index contributed by atoms with van der Waals surface area (Å²) in [6.45, 7) is 2.14. The molecule has 4 aromatic rings. The molecule has 0 aliphatic heterocycles. The van der Waals surface area contributed by atoms with Crippen LogP contribution >= 0.6 is 46.6 Å². The van der Waals surface area contributed by atoms with Crippen LogP contribution in [0.25, 0.3) is 5.69 Å². The molecule has 0 saturated heterocycles. The number of amides is 1. The number of halogens is 3. The van der Waals surface area contributed by atoms with Crippen LogP contribution in [0.2, 0.25) is 15.1 Å². The molecule has 0 spiro atoms. The van der Waals surface area contributed by atoms with Crippen LogP contribution in [0.5, 0.6) is 5.75 Å². The number of hydrogen-bond donors (Lipinski definition) is 1. The van der Waals surface area contributed by atoms with E-state index in [4.69, 9.17) is 39.5 Å². The molecule has 0 aliphatic rings. The van der Waals surface area contributed by atoms with Crippen molar-refractivity contribution in [1.82, 2.24) is 20.1 Å². The summed E-state index contributed by atoms with van der Waals surface area (Å²) in [6, 6.07) is 18.2. The molecule has 35 heavy (non-hydrogen) atoms. The van der Waals surface area contributed by atoms with E-state index in [2.05, 4.69) is 15.5 Å². The minimum Gasteiger partial charge on any atom is -0.497 e. The fourth-order valence-electron chi connectivity index (χ4n) is 3.38. The van der Waals surface area contributed by atoms with Gasteiger partial charge in [0.2, 0.25) is 0 Å². The summed E-state index contributed by atoms with van der Waals surface area (Å²) in [7, 11) is 1.64. The number of carbonyl (C=O) groups is 1. The van der Waals surface area contributed by atoms with E-state index in [1.165, 1.54) is 17.8 Å². The lowest BCUT2D eigenvalue weighted by Crippen LogP contribution is -2.24. The zero-order chi connectivity index (χ0) is 24.9. The van der Waals surface area contributed by atoms with Gasteiger partial charge in [0, 0.05) is 16.3 Å². The summed E-state index contributed by atoms with van der Waals surface area (Å²) in [5.41, 5.74) is 3.32. The van der Waals surface area contributed by atoms with Gasteiger partial charge in [-0.3, -0.25) is 9.36 Å². The van der Waals surface area contributed by atoms with E-state index in [1.54, 1.807) is 19.2 Å². The van der Waals surface area contributed by atoms with Crippen LogP contribution < -0.4 is 10.1 Å². The molecule has 1 aromatic heterocycles. The van der Waals surface area contributed by atoms with Crippen molar-refractivity contribution >= 4 is 52.5 Å². The highest BCUT2D eigenvalue weighted by Crippen LogP contribution is 2.29. The van der Waals surface area contributed by atoms with Gasteiger partial charge in [-0.2, -0.15) is 0 Å². The Morgan fingerprint density at radius 2 is 1.86 bits per heavy atom. The summed E-state index contributed by atoms with van der Waals surface area (Å²) in [6.07, 6.45) is 0. The number of hydrogen-bond acceptors (Lipinski definition) is 5. The molecule has 1 amide bonds. The van der Waals surface area contributed by atoms with E-state index in [-0.39, 0.29) is 12.5 Å². The van der Waals surface area contributed by atoms with Gasteiger partial charge >= 0.3 is 0 Å². The molecule has 3 aromatic carbocycles. The molecular formula is C25H21Cl3N4O2S. The lowest BCUT2D eigenvalue weighted by atomic mass is 10.2. The zero-order valence-electron chi connectivity index (χ0n) is 18.9. The van der Waals surface area contributed by atoms with Crippen molar-refractivity contribution in [2.24, 2.45) is 0 Å². The normalized spacial score (nSPS) is 10.9. The fourth-order valence-corrected chi connectivity index (χ4v) is 4.75. The van der Waals surface area contributed by atoms with Gasteiger partial charge in [0.25, 0.3) is 5.91 Å². The summed E-state index contributed by atoms with van der Waals surface area (Å²) in [5.74, 6) is 1.72. The van der Waals surface area contributed by atoms with Gasteiger partial charge in [0.15, 0.2) is 11.0 Å². The van der Waals surface area contributed by atoms with Crippen LogP contribution in [-0.2, 0) is 12.3 Å². The van der Waals surface area contributed by atoms with Crippen LogP contribution in [0, 0.1) is 6.92 Å². The third-order valence-corrected chi connectivity index (χ3v) is 7.18. The predicted octanol–water partition coefficient (Wildman–Crippen LogP) is 6.77. The van der Waals surface area contributed by atoms with Crippen molar-refractivity contribution < 1.29 is 9.53 Å². The molecule has 10 heteroatoms. The Bertz CT molecular complexity index is 1380. The molecule has 4 rings (SSSR count). The van der Waals surface area contributed by atoms with E-state index < -0.39 is 0 Å². The average molecular weight is 548 g/mol. The monoisotopic (exact) mass is 546 g/mol. The number of carbonyl (C=O) groups excluding carboxylic acids is 1. The van der Waals surface area contributed by atoms with Crippen molar-refractivity contribution in [2.75, 3.05) is 7.11 Å². The smallest absolute Gasteiger partial charge is 0.251 e. The molecule has 1 N–H and O–H groups in total. The average Bonchev–Trinajstić information content (AvgIpc) is 3.27. The van der Waals surface area contributed by atoms with Gasteiger partial charge in [0.1, 0.15) is 5.75 Å². The first-order chi connectivity index (χ1) is 16.9. The van der Waals surface area contributed by atoms with Gasteiger partial charge < -0.3 is 10.1 Å². The molecule has 0 radical (unpaired) electrons. The zero-order valence-corrected chi connectivity index (χ0v) is 22.0. The maximum Gasteiger partial charge on any atom is 0.251 e. The first kappa shape index (κ1) is 25.4. The second kappa shape index (κ2) is 11.4.